The fourth-order valence-corrected chi connectivity index (χ4v) is 1.96. The highest BCUT2D eigenvalue weighted by molar-refractivity contribution is 9.10. The number of nitro groups is 1. The highest BCUT2D eigenvalue weighted by Crippen LogP contribution is 2.37. The highest BCUT2D eigenvalue weighted by Gasteiger charge is 2.19. The molecule has 2 rings (SSSR count). The number of hydrogen-bond acceptors (Lipinski definition) is 5. The van der Waals surface area contributed by atoms with Gasteiger partial charge in [0.25, 0.3) is 0 Å². The molecule has 0 unspecified atom stereocenters. The predicted octanol–water partition coefficient (Wildman–Crippen LogP) is 3.70. The largest absolute Gasteiger partial charge is 0.447 e. The van der Waals surface area contributed by atoms with Gasteiger partial charge in [0.2, 0.25) is 5.75 Å². The Morgan fingerprint density at radius 3 is 2.56 bits per heavy atom. The molecule has 0 atom stereocenters. The van der Waals surface area contributed by atoms with Crippen molar-refractivity contribution in [2.24, 2.45) is 0 Å². The van der Waals surface area contributed by atoms with E-state index in [9.17, 15) is 10.1 Å². The van der Waals surface area contributed by atoms with E-state index in [4.69, 9.17) is 4.74 Å². The highest BCUT2D eigenvalue weighted by atomic mass is 79.9. The van der Waals surface area contributed by atoms with E-state index in [1.165, 1.54) is 12.4 Å². The maximum atomic E-state index is 10.9. The third-order valence-corrected chi connectivity index (χ3v) is 2.93. The summed E-state index contributed by atoms with van der Waals surface area (Å²) >= 11 is 6.41. The Morgan fingerprint density at radius 2 is 1.89 bits per heavy atom. The molecule has 0 radical (unpaired) electrons. The van der Waals surface area contributed by atoms with E-state index in [2.05, 4.69) is 41.8 Å². The normalized spacial score (nSPS) is 10.1. The van der Waals surface area contributed by atoms with Gasteiger partial charge in [-0.2, -0.15) is 0 Å². The first kappa shape index (κ1) is 12.9. The average molecular weight is 375 g/mol. The fraction of sp³-hybridized carbons (Fsp3) is 0. The van der Waals surface area contributed by atoms with Crippen LogP contribution < -0.4 is 4.74 Å². The van der Waals surface area contributed by atoms with Gasteiger partial charge in [-0.25, -0.2) is 0 Å². The van der Waals surface area contributed by atoms with Crippen LogP contribution in [0.5, 0.6) is 11.5 Å². The van der Waals surface area contributed by atoms with E-state index in [1.807, 2.05) is 0 Å². The lowest BCUT2D eigenvalue weighted by atomic mass is 10.4. The molecule has 0 aromatic carbocycles. The van der Waals surface area contributed by atoms with Crippen LogP contribution in [0.3, 0.4) is 0 Å². The molecular weight excluding hydrogens is 370 g/mol. The zero-order chi connectivity index (χ0) is 13.1. The van der Waals surface area contributed by atoms with Crippen LogP contribution in [0.25, 0.3) is 0 Å². The minimum absolute atomic E-state index is 0.0925. The minimum Gasteiger partial charge on any atom is -0.447 e. The monoisotopic (exact) mass is 373 g/mol. The molecule has 0 fully saturated rings. The topological polar surface area (TPSA) is 78.2 Å². The van der Waals surface area contributed by atoms with E-state index in [1.54, 1.807) is 12.3 Å². The molecule has 18 heavy (non-hydrogen) atoms. The quantitative estimate of drug-likeness (QED) is 0.604. The second-order valence-corrected chi connectivity index (χ2v) is 4.94. The number of hydrogen-bond donors (Lipinski definition) is 0. The van der Waals surface area contributed by atoms with Crippen LogP contribution in [0.2, 0.25) is 0 Å². The van der Waals surface area contributed by atoms with E-state index in [-0.39, 0.29) is 11.4 Å². The van der Waals surface area contributed by atoms with Crippen LogP contribution in [0.4, 0.5) is 5.69 Å². The summed E-state index contributed by atoms with van der Waals surface area (Å²) in [5.41, 5.74) is -0.218. The minimum atomic E-state index is -0.557. The van der Waals surface area contributed by atoms with Crippen LogP contribution in [0.1, 0.15) is 0 Å². The van der Waals surface area contributed by atoms with Crippen molar-refractivity contribution in [2.45, 2.75) is 0 Å². The third-order valence-electron chi connectivity index (χ3n) is 1.93. The van der Waals surface area contributed by atoms with Crippen molar-refractivity contribution in [1.29, 1.82) is 0 Å². The molecule has 2 aromatic rings. The molecule has 2 heterocycles. The van der Waals surface area contributed by atoms with Gasteiger partial charge in [0.15, 0.2) is 0 Å². The summed E-state index contributed by atoms with van der Waals surface area (Å²) in [6.07, 6.45) is 5.60. The molecule has 0 aliphatic carbocycles. The molecule has 92 valence electrons. The van der Waals surface area contributed by atoms with Crippen molar-refractivity contribution in [3.8, 4) is 11.5 Å². The molecule has 0 bridgehead atoms. The van der Waals surface area contributed by atoms with Gasteiger partial charge in [0, 0.05) is 16.9 Å². The summed E-state index contributed by atoms with van der Waals surface area (Å²) in [4.78, 5) is 18.0. The number of rotatable bonds is 3. The Hall–Kier alpha value is -1.54. The van der Waals surface area contributed by atoms with Gasteiger partial charge in [-0.05, 0) is 37.9 Å². The van der Waals surface area contributed by atoms with Crippen molar-refractivity contribution in [3.05, 3.63) is 49.9 Å². The lowest BCUT2D eigenvalue weighted by Gasteiger charge is -2.07. The number of aromatic nitrogens is 2. The summed E-state index contributed by atoms with van der Waals surface area (Å²) in [6, 6.07) is 1.66. The maximum absolute atomic E-state index is 10.9. The maximum Gasteiger partial charge on any atom is 0.330 e. The average Bonchev–Trinajstić information content (AvgIpc) is 2.31. The third kappa shape index (κ3) is 2.82. The Balaban J connectivity index is 2.42. The van der Waals surface area contributed by atoms with Crippen LogP contribution in [-0.4, -0.2) is 14.9 Å². The van der Waals surface area contributed by atoms with E-state index in [0.29, 0.717) is 14.7 Å². The van der Waals surface area contributed by atoms with Crippen molar-refractivity contribution in [2.75, 3.05) is 0 Å². The van der Waals surface area contributed by atoms with Gasteiger partial charge < -0.3 is 4.74 Å². The molecule has 0 spiro atoms. The molecule has 6 nitrogen and oxygen atoms in total. The summed E-state index contributed by atoms with van der Waals surface area (Å²) in [5.74, 6) is 0.481. The van der Waals surface area contributed by atoms with Crippen LogP contribution >= 0.6 is 31.9 Å². The van der Waals surface area contributed by atoms with Gasteiger partial charge in [0.1, 0.15) is 11.9 Å². The van der Waals surface area contributed by atoms with Crippen LogP contribution in [-0.2, 0) is 0 Å². The second-order valence-electron chi connectivity index (χ2n) is 3.17. The van der Waals surface area contributed by atoms with Crippen molar-refractivity contribution < 1.29 is 9.66 Å². The molecule has 0 aliphatic rings. The first-order valence-electron chi connectivity index (χ1n) is 4.64. The zero-order valence-electron chi connectivity index (χ0n) is 8.71. The molecular formula is C10H5Br2N3O3. The Labute approximate surface area is 118 Å². The zero-order valence-corrected chi connectivity index (χ0v) is 11.9. The summed E-state index contributed by atoms with van der Waals surface area (Å²) in [5, 5.41) is 10.9. The fourth-order valence-electron chi connectivity index (χ4n) is 1.21. The molecule has 0 N–H and O–H groups in total. The molecule has 0 saturated carbocycles. The van der Waals surface area contributed by atoms with E-state index >= 15 is 0 Å². The standard InChI is InChI=1S/C10H5Br2N3O3/c11-6-1-7(3-13-2-6)18-10-8(12)4-14-5-9(10)15(16)17/h1-5H. The van der Waals surface area contributed by atoms with Crippen LogP contribution in [0.15, 0.2) is 39.8 Å². The Bertz CT molecular complexity index is 607. The molecule has 2 aromatic heterocycles. The van der Waals surface area contributed by atoms with Crippen molar-refractivity contribution in [1.82, 2.24) is 9.97 Å². The Morgan fingerprint density at radius 1 is 1.17 bits per heavy atom. The SMILES string of the molecule is O=[N+]([O-])c1cncc(Br)c1Oc1cncc(Br)c1. The number of halogens is 2. The van der Waals surface area contributed by atoms with Crippen molar-refractivity contribution in [3.63, 3.8) is 0 Å². The molecule has 0 saturated heterocycles. The number of pyridine rings is 2. The van der Waals surface area contributed by atoms with Gasteiger partial charge in [0.05, 0.1) is 15.6 Å². The van der Waals surface area contributed by atoms with Gasteiger partial charge >= 0.3 is 5.69 Å². The number of ether oxygens (including phenoxy) is 1. The molecule has 0 amide bonds. The lowest BCUT2D eigenvalue weighted by molar-refractivity contribution is -0.386. The first-order valence-corrected chi connectivity index (χ1v) is 6.23. The summed E-state index contributed by atoms with van der Waals surface area (Å²) in [6.45, 7) is 0. The van der Waals surface area contributed by atoms with Gasteiger partial charge in [-0.1, -0.05) is 0 Å². The predicted molar refractivity (Wildman–Crippen MR) is 70.6 cm³/mol. The van der Waals surface area contributed by atoms with Gasteiger partial charge in [-0.15, -0.1) is 0 Å². The van der Waals surface area contributed by atoms with E-state index < -0.39 is 4.92 Å². The van der Waals surface area contributed by atoms with Gasteiger partial charge in [-0.3, -0.25) is 20.1 Å². The number of nitrogens with zero attached hydrogens (tertiary/aromatic N) is 3. The Kier molecular flexibility index (Phi) is 3.87. The second kappa shape index (κ2) is 5.40. The van der Waals surface area contributed by atoms with E-state index in [0.717, 1.165) is 6.20 Å². The smallest absolute Gasteiger partial charge is 0.330 e. The summed E-state index contributed by atoms with van der Waals surface area (Å²) < 4.78 is 6.58. The first-order chi connectivity index (χ1) is 8.58. The van der Waals surface area contributed by atoms with Crippen molar-refractivity contribution >= 4 is 37.5 Å². The summed E-state index contributed by atoms with van der Waals surface area (Å²) in [7, 11) is 0. The molecule has 0 aliphatic heterocycles. The lowest BCUT2D eigenvalue weighted by Crippen LogP contribution is -1.95. The molecule has 8 heteroatoms. The van der Waals surface area contributed by atoms with Crippen LogP contribution in [0, 0.1) is 10.1 Å².